The minimum atomic E-state index is -0.00154. The molecule has 5 heteroatoms. The zero-order valence-electron chi connectivity index (χ0n) is 15.2. The maximum absolute atomic E-state index is 12.4. The number of morpholine rings is 1. The SMILES string of the molecule is Cc1ccc(SCCNC(=O)c2cccc(CN3CCOCC3)c2)cc1. The van der Waals surface area contributed by atoms with Gasteiger partial charge in [-0.25, -0.2) is 0 Å². The van der Waals surface area contributed by atoms with E-state index in [9.17, 15) is 4.79 Å². The zero-order chi connectivity index (χ0) is 18.2. The topological polar surface area (TPSA) is 41.6 Å². The molecule has 2 aromatic carbocycles. The Hall–Kier alpha value is -1.82. The smallest absolute Gasteiger partial charge is 0.251 e. The standard InChI is InChI=1S/C21H26N2O2S/c1-17-5-7-20(8-6-17)26-14-9-22-21(24)19-4-2-3-18(15-19)16-23-10-12-25-13-11-23/h2-8,15H,9-14,16H2,1H3,(H,22,24). The normalized spacial score (nSPS) is 15.0. The van der Waals surface area contributed by atoms with Gasteiger partial charge in [0.1, 0.15) is 0 Å². The Balaban J connectivity index is 1.45. The maximum atomic E-state index is 12.4. The number of benzene rings is 2. The number of thioether (sulfide) groups is 1. The lowest BCUT2D eigenvalue weighted by atomic mass is 10.1. The van der Waals surface area contributed by atoms with E-state index in [1.807, 2.05) is 18.2 Å². The Morgan fingerprint density at radius 1 is 1.15 bits per heavy atom. The lowest BCUT2D eigenvalue weighted by Crippen LogP contribution is -2.35. The molecule has 1 fully saturated rings. The number of nitrogens with one attached hydrogen (secondary N) is 1. The fourth-order valence-corrected chi connectivity index (χ4v) is 3.67. The van der Waals surface area contributed by atoms with Crippen molar-refractivity contribution in [1.82, 2.24) is 10.2 Å². The van der Waals surface area contributed by atoms with Crippen LogP contribution in [0.2, 0.25) is 0 Å². The Morgan fingerprint density at radius 2 is 1.92 bits per heavy atom. The molecule has 0 spiro atoms. The molecule has 2 aromatic rings. The minimum Gasteiger partial charge on any atom is -0.379 e. The maximum Gasteiger partial charge on any atom is 0.251 e. The van der Waals surface area contributed by atoms with Crippen molar-refractivity contribution in [2.45, 2.75) is 18.4 Å². The first-order chi connectivity index (χ1) is 12.7. The summed E-state index contributed by atoms with van der Waals surface area (Å²) < 4.78 is 5.38. The molecule has 3 rings (SSSR count). The highest BCUT2D eigenvalue weighted by molar-refractivity contribution is 7.99. The zero-order valence-corrected chi connectivity index (χ0v) is 16.1. The van der Waals surface area contributed by atoms with Crippen molar-refractivity contribution in [3.05, 3.63) is 65.2 Å². The molecule has 138 valence electrons. The number of hydrogen-bond acceptors (Lipinski definition) is 4. The predicted octanol–water partition coefficient (Wildman–Crippen LogP) is 3.35. The molecule has 1 saturated heterocycles. The molecule has 1 N–H and O–H groups in total. The van der Waals surface area contributed by atoms with E-state index in [-0.39, 0.29) is 5.91 Å². The molecular weight excluding hydrogens is 344 g/mol. The van der Waals surface area contributed by atoms with Gasteiger partial charge in [0.05, 0.1) is 13.2 Å². The molecule has 26 heavy (non-hydrogen) atoms. The summed E-state index contributed by atoms with van der Waals surface area (Å²) in [5.41, 5.74) is 3.17. The van der Waals surface area contributed by atoms with Crippen LogP contribution >= 0.6 is 11.8 Å². The van der Waals surface area contributed by atoms with Crippen LogP contribution in [0.3, 0.4) is 0 Å². The van der Waals surface area contributed by atoms with Gasteiger partial charge in [-0.15, -0.1) is 11.8 Å². The fourth-order valence-electron chi connectivity index (χ4n) is 2.90. The largest absolute Gasteiger partial charge is 0.379 e. The third kappa shape index (κ3) is 5.87. The van der Waals surface area contributed by atoms with Crippen LogP contribution in [0.1, 0.15) is 21.5 Å². The number of aryl methyl sites for hydroxylation is 1. The summed E-state index contributed by atoms with van der Waals surface area (Å²) in [5, 5.41) is 3.02. The second-order valence-corrected chi connectivity index (χ2v) is 7.67. The van der Waals surface area contributed by atoms with Gasteiger partial charge in [0.25, 0.3) is 5.91 Å². The molecule has 0 bridgehead atoms. The van der Waals surface area contributed by atoms with Crippen molar-refractivity contribution in [3.8, 4) is 0 Å². The van der Waals surface area contributed by atoms with E-state index in [2.05, 4.69) is 47.5 Å². The van der Waals surface area contributed by atoms with Gasteiger partial charge in [-0.3, -0.25) is 9.69 Å². The number of amides is 1. The number of ether oxygens (including phenoxy) is 1. The molecule has 0 unspecified atom stereocenters. The monoisotopic (exact) mass is 370 g/mol. The third-order valence-corrected chi connectivity index (χ3v) is 5.39. The van der Waals surface area contributed by atoms with Crippen LogP contribution in [0.4, 0.5) is 0 Å². The highest BCUT2D eigenvalue weighted by atomic mass is 32.2. The predicted molar refractivity (Wildman–Crippen MR) is 107 cm³/mol. The number of hydrogen-bond donors (Lipinski definition) is 1. The molecule has 0 aromatic heterocycles. The van der Waals surface area contributed by atoms with Crippen molar-refractivity contribution in [2.75, 3.05) is 38.6 Å². The minimum absolute atomic E-state index is 0.00154. The van der Waals surface area contributed by atoms with Gasteiger partial charge in [-0.2, -0.15) is 0 Å². The van der Waals surface area contributed by atoms with Gasteiger partial charge in [-0.1, -0.05) is 29.8 Å². The summed E-state index contributed by atoms with van der Waals surface area (Å²) in [6, 6.07) is 16.4. The van der Waals surface area contributed by atoms with Crippen molar-refractivity contribution < 1.29 is 9.53 Å². The van der Waals surface area contributed by atoms with E-state index in [0.29, 0.717) is 6.54 Å². The van der Waals surface area contributed by atoms with Gasteiger partial charge in [0, 0.05) is 42.4 Å². The van der Waals surface area contributed by atoms with E-state index in [1.54, 1.807) is 11.8 Å². The highest BCUT2D eigenvalue weighted by Gasteiger charge is 2.12. The van der Waals surface area contributed by atoms with Gasteiger partial charge < -0.3 is 10.1 Å². The van der Waals surface area contributed by atoms with Crippen LogP contribution in [0, 0.1) is 6.92 Å². The van der Waals surface area contributed by atoms with E-state index >= 15 is 0 Å². The highest BCUT2D eigenvalue weighted by Crippen LogP contribution is 2.17. The number of carbonyl (C=O) groups excluding carboxylic acids is 1. The molecule has 4 nitrogen and oxygen atoms in total. The lowest BCUT2D eigenvalue weighted by molar-refractivity contribution is 0.0342. The molecule has 1 aliphatic rings. The molecule has 0 atom stereocenters. The Morgan fingerprint density at radius 3 is 2.69 bits per heavy atom. The molecule has 0 saturated carbocycles. The Bertz CT molecular complexity index is 712. The van der Waals surface area contributed by atoms with Gasteiger partial charge in [0.15, 0.2) is 0 Å². The second-order valence-electron chi connectivity index (χ2n) is 6.51. The molecular formula is C21H26N2O2S. The van der Waals surface area contributed by atoms with E-state index in [4.69, 9.17) is 4.74 Å². The first kappa shape index (κ1) is 19.0. The molecule has 1 heterocycles. The molecule has 0 radical (unpaired) electrons. The summed E-state index contributed by atoms with van der Waals surface area (Å²) >= 11 is 1.76. The van der Waals surface area contributed by atoms with Crippen molar-refractivity contribution in [1.29, 1.82) is 0 Å². The summed E-state index contributed by atoms with van der Waals surface area (Å²) in [6.45, 7) is 7.09. The van der Waals surface area contributed by atoms with E-state index in [1.165, 1.54) is 16.0 Å². The van der Waals surface area contributed by atoms with Crippen LogP contribution in [-0.2, 0) is 11.3 Å². The van der Waals surface area contributed by atoms with Crippen LogP contribution in [0.25, 0.3) is 0 Å². The van der Waals surface area contributed by atoms with Crippen LogP contribution < -0.4 is 5.32 Å². The number of nitrogens with zero attached hydrogens (tertiary/aromatic N) is 1. The third-order valence-electron chi connectivity index (χ3n) is 4.38. The quantitative estimate of drug-likeness (QED) is 0.599. The van der Waals surface area contributed by atoms with Crippen molar-refractivity contribution in [3.63, 3.8) is 0 Å². The molecule has 1 aliphatic heterocycles. The fraction of sp³-hybridized carbons (Fsp3) is 0.381. The summed E-state index contributed by atoms with van der Waals surface area (Å²) in [5.74, 6) is 0.862. The average molecular weight is 371 g/mol. The average Bonchev–Trinajstić information content (AvgIpc) is 2.67. The second kappa shape index (κ2) is 9.76. The Labute approximate surface area is 159 Å². The van der Waals surface area contributed by atoms with Gasteiger partial charge in [-0.05, 0) is 36.8 Å². The molecule has 1 amide bonds. The van der Waals surface area contributed by atoms with Crippen LogP contribution in [0.15, 0.2) is 53.4 Å². The van der Waals surface area contributed by atoms with Gasteiger partial charge in [0.2, 0.25) is 0 Å². The van der Waals surface area contributed by atoms with Crippen LogP contribution in [-0.4, -0.2) is 49.4 Å². The van der Waals surface area contributed by atoms with E-state index < -0.39 is 0 Å². The van der Waals surface area contributed by atoms with Crippen molar-refractivity contribution in [2.24, 2.45) is 0 Å². The first-order valence-corrected chi connectivity index (χ1v) is 10.1. The first-order valence-electron chi connectivity index (χ1n) is 9.07. The van der Waals surface area contributed by atoms with Crippen molar-refractivity contribution >= 4 is 17.7 Å². The number of rotatable bonds is 7. The van der Waals surface area contributed by atoms with Crippen LogP contribution in [0.5, 0.6) is 0 Å². The summed E-state index contributed by atoms with van der Waals surface area (Å²) in [6.07, 6.45) is 0. The summed E-state index contributed by atoms with van der Waals surface area (Å²) in [4.78, 5) is 16.0. The Kier molecular flexibility index (Phi) is 7.12. The summed E-state index contributed by atoms with van der Waals surface area (Å²) in [7, 11) is 0. The molecule has 0 aliphatic carbocycles. The van der Waals surface area contributed by atoms with E-state index in [0.717, 1.165) is 44.2 Å². The van der Waals surface area contributed by atoms with Gasteiger partial charge >= 0.3 is 0 Å². The lowest BCUT2D eigenvalue weighted by Gasteiger charge is -2.26. The number of carbonyl (C=O) groups is 1.